The average Bonchev–Trinajstić information content (AvgIpc) is 3.12. The van der Waals surface area contributed by atoms with Crippen molar-refractivity contribution >= 4 is 18.0 Å². The number of hydrogen-bond acceptors (Lipinski definition) is 4. The molecule has 0 unspecified atom stereocenters. The molecule has 0 fully saturated rings. The van der Waals surface area contributed by atoms with Crippen molar-refractivity contribution in [2.24, 2.45) is 0 Å². The van der Waals surface area contributed by atoms with Crippen molar-refractivity contribution in [1.82, 2.24) is 10.6 Å². The lowest BCUT2D eigenvalue weighted by Gasteiger charge is -2.20. The van der Waals surface area contributed by atoms with Crippen LogP contribution >= 0.6 is 0 Å². The van der Waals surface area contributed by atoms with E-state index in [0.717, 1.165) is 25.7 Å². The number of carboxylic acid groups (broad SMARTS) is 1. The Bertz CT molecular complexity index is 972. The molecule has 3 rings (SSSR count). The first-order valence-corrected chi connectivity index (χ1v) is 11.9. The summed E-state index contributed by atoms with van der Waals surface area (Å²) in [7, 11) is 0. The minimum absolute atomic E-state index is 0.0522. The van der Waals surface area contributed by atoms with E-state index < -0.39 is 17.6 Å². The molecule has 0 saturated carbocycles. The zero-order valence-corrected chi connectivity index (χ0v) is 19.9. The lowest BCUT2D eigenvalue weighted by atomic mass is 9.98. The SMILES string of the molecule is CC(C)(NC(=O)CCCCCCCNC(=O)OCC1c2ccccc2-c2ccccc21)C(=O)O. The number of hydrogen-bond donors (Lipinski definition) is 3. The summed E-state index contributed by atoms with van der Waals surface area (Å²) < 4.78 is 5.53. The third-order valence-electron chi connectivity index (χ3n) is 6.18. The third kappa shape index (κ3) is 6.59. The first-order chi connectivity index (χ1) is 16.3. The highest BCUT2D eigenvalue weighted by Gasteiger charge is 2.29. The molecular weight excluding hydrogens is 432 g/mol. The van der Waals surface area contributed by atoms with Gasteiger partial charge in [-0.15, -0.1) is 0 Å². The van der Waals surface area contributed by atoms with Crippen LogP contribution in [-0.2, 0) is 14.3 Å². The van der Waals surface area contributed by atoms with Crippen LogP contribution in [-0.4, -0.2) is 41.8 Å². The molecule has 0 radical (unpaired) electrons. The van der Waals surface area contributed by atoms with Gasteiger partial charge in [-0.3, -0.25) is 4.79 Å². The van der Waals surface area contributed by atoms with Crippen LogP contribution < -0.4 is 10.6 Å². The first-order valence-electron chi connectivity index (χ1n) is 11.9. The van der Waals surface area contributed by atoms with Crippen LogP contribution in [0.25, 0.3) is 11.1 Å². The van der Waals surface area contributed by atoms with Crippen molar-refractivity contribution in [3.05, 3.63) is 59.7 Å². The van der Waals surface area contributed by atoms with Gasteiger partial charge in [-0.25, -0.2) is 9.59 Å². The molecule has 3 N–H and O–H groups in total. The van der Waals surface area contributed by atoms with Crippen LogP contribution in [0.2, 0.25) is 0 Å². The Kier molecular flexibility index (Phi) is 8.68. The Morgan fingerprint density at radius 2 is 1.44 bits per heavy atom. The summed E-state index contributed by atoms with van der Waals surface area (Å²) in [4.78, 5) is 35.0. The highest BCUT2D eigenvalue weighted by Crippen LogP contribution is 2.44. The maximum absolute atomic E-state index is 12.2. The Labute approximate surface area is 200 Å². The number of fused-ring (bicyclic) bond motifs is 3. The molecule has 2 amide bonds. The Balaban J connectivity index is 1.28. The monoisotopic (exact) mass is 466 g/mol. The predicted molar refractivity (Wildman–Crippen MR) is 131 cm³/mol. The normalized spacial score (nSPS) is 12.5. The topological polar surface area (TPSA) is 105 Å². The minimum atomic E-state index is -1.25. The van der Waals surface area contributed by atoms with Crippen molar-refractivity contribution in [3.8, 4) is 11.1 Å². The van der Waals surface area contributed by atoms with Crippen LogP contribution in [0.3, 0.4) is 0 Å². The van der Waals surface area contributed by atoms with Crippen LogP contribution in [0.4, 0.5) is 4.79 Å². The van der Waals surface area contributed by atoms with Crippen molar-refractivity contribution in [3.63, 3.8) is 0 Å². The van der Waals surface area contributed by atoms with E-state index in [9.17, 15) is 14.4 Å². The number of aliphatic carboxylic acids is 1. The van der Waals surface area contributed by atoms with Gasteiger partial charge in [0, 0.05) is 18.9 Å². The first kappa shape index (κ1) is 25.3. The Morgan fingerprint density at radius 3 is 2.06 bits per heavy atom. The molecule has 182 valence electrons. The van der Waals surface area contributed by atoms with Gasteiger partial charge in [0.15, 0.2) is 0 Å². The Hall–Kier alpha value is -3.35. The molecule has 1 aliphatic carbocycles. The summed E-state index contributed by atoms with van der Waals surface area (Å²) in [6.07, 6.45) is 4.22. The van der Waals surface area contributed by atoms with E-state index in [1.807, 2.05) is 24.3 Å². The van der Waals surface area contributed by atoms with Crippen molar-refractivity contribution in [2.75, 3.05) is 13.2 Å². The third-order valence-corrected chi connectivity index (χ3v) is 6.18. The van der Waals surface area contributed by atoms with E-state index in [-0.39, 0.29) is 11.8 Å². The number of ether oxygens (including phenoxy) is 1. The van der Waals surface area contributed by atoms with Crippen molar-refractivity contribution in [2.45, 2.75) is 63.8 Å². The van der Waals surface area contributed by atoms with Gasteiger partial charge in [0.25, 0.3) is 0 Å². The number of carboxylic acids is 1. The van der Waals surface area contributed by atoms with Gasteiger partial charge in [0.1, 0.15) is 12.1 Å². The summed E-state index contributed by atoms with van der Waals surface area (Å²) in [5.74, 6) is -1.24. The number of amides is 2. The molecule has 0 saturated heterocycles. The van der Waals surface area contributed by atoms with Crippen molar-refractivity contribution < 1.29 is 24.2 Å². The lowest BCUT2D eigenvalue weighted by molar-refractivity contribution is -0.146. The van der Waals surface area contributed by atoms with Crippen LogP contribution in [0.15, 0.2) is 48.5 Å². The fourth-order valence-electron chi connectivity index (χ4n) is 4.25. The molecule has 1 aliphatic rings. The van der Waals surface area contributed by atoms with Gasteiger partial charge in [0.05, 0.1) is 0 Å². The summed E-state index contributed by atoms with van der Waals surface area (Å²) in [6.45, 7) is 3.79. The molecular formula is C27H34N2O5. The van der Waals surface area contributed by atoms with E-state index in [1.54, 1.807) is 0 Å². The van der Waals surface area contributed by atoms with Gasteiger partial charge in [-0.1, -0.05) is 67.8 Å². The fraction of sp³-hybridized carbons (Fsp3) is 0.444. The molecule has 34 heavy (non-hydrogen) atoms. The average molecular weight is 467 g/mol. The molecule has 7 nitrogen and oxygen atoms in total. The lowest BCUT2D eigenvalue weighted by Crippen LogP contribution is -2.49. The van der Waals surface area contributed by atoms with Gasteiger partial charge < -0.3 is 20.5 Å². The summed E-state index contributed by atoms with van der Waals surface area (Å²) >= 11 is 0. The van der Waals surface area contributed by atoms with Crippen molar-refractivity contribution in [1.29, 1.82) is 0 Å². The second-order valence-corrected chi connectivity index (χ2v) is 9.25. The molecule has 0 spiro atoms. The van der Waals surface area contributed by atoms with Gasteiger partial charge in [-0.05, 0) is 48.9 Å². The van der Waals surface area contributed by atoms with E-state index in [1.165, 1.54) is 36.1 Å². The maximum atomic E-state index is 12.2. The second kappa shape index (κ2) is 11.7. The zero-order valence-electron chi connectivity index (χ0n) is 19.9. The molecule has 2 aromatic carbocycles. The minimum Gasteiger partial charge on any atom is -0.480 e. The quantitative estimate of drug-likeness (QED) is 0.388. The second-order valence-electron chi connectivity index (χ2n) is 9.25. The predicted octanol–water partition coefficient (Wildman–Crippen LogP) is 4.85. The number of rotatable bonds is 12. The van der Waals surface area contributed by atoms with Crippen LogP contribution in [0, 0.1) is 0 Å². The molecule has 0 atom stereocenters. The van der Waals surface area contributed by atoms with Gasteiger partial charge in [0.2, 0.25) is 5.91 Å². The van der Waals surface area contributed by atoms with Crippen LogP contribution in [0.5, 0.6) is 0 Å². The highest BCUT2D eigenvalue weighted by molar-refractivity contribution is 5.86. The summed E-state index contributed by atoms with van der Waals surface area (Å²) in [5, 5.41) is 14.4. The molecule has 7 heteroatoms. The maximum Gasteiger partial charge on any atom is 0.407 e. The highest BCUT2D eigenvalue weighted by atomic mass is 16.5. The number of carbonyl (C=O) groups excluding carboxylic acids is 2. The van der Waals surface area contributed by atoms with Gasteiger partial charge in [-0.2, -0.15) is 0 Å². The number of nitrogens with one attached hydrogen (secondary N) is 2. The molecule has 0 heterocycles. The van der Waals surface area contributed by atoms with E-state index >= 15 is 0 Å². The summed E-state index contributed by atoms with van der Waals surface area (Å²) in [6, 6.07) is 16.5. The number of alkyl carbamates (subject to hydrolysis) is 1. The number of unbranched alkanes of at least 4 members (excludes halogenated alkanes) is 4. The molecule has 2 aromatic rings. The smallest absolute Gasteiger partial charge is 0.407 e. The largest absolute Gasteiger partial charge is 0.480 e. The summed E-state index contributed by atoms with van der Waals surface area (Å²) in [5.41, 5.74) is 3.54. The standard InChI is InChI=1S/C27H34N2O5/c1-27(2,25(31)32)29-24(30)16-6-4-3-5-11-17-28-26(33)34-18-23-21-14-9-7-12-19(21)20-13-8-10-15-22(20)23/h7-10,12-15,23H,3-6,11,16-18H2,1-2H3,(H,28,33)(H,29,30)(H,31,32). The number of benzene rings is 2. The molecule has 0 aliphatic heterocycles. The van der Waals surface area contributed by atoms with E-state index in [4.69, 9.17) is 9.84 Å². The zero-order chi connectivity index (χ0) is 24.6. The molecule has 0 bridgehead atoms. The fourth-order valence-corrected chi connectivity index (χ4v) is 4.25. The van der Waals surface area contributed by atoms with Gasteiger partial charge >= 0.3 is 12.1 Å². The van der Waals surface area contributed by atoms with Crippen LogP contribution in [0.1, 0.15) is 69.4 Å². The van der Waals surface area contributed by atoms with E-state index in [0.29, 0.717) is 26.0 Å². The Morgan fingerprint density at radius 1 is 0.882 bits per heavy atom. The number of carbonyl (C=O) groups is 3. The van der Waals surface area contributed by atoms with E-state index in [2.05, 4.69) is 34.9 Å². The molecule has 0 aromatic heterocycles.